The summed E-state index contributed by atoms with van der Waals surface area (Å²) in [6.07, 6.45) is -0.597. The van der Waals surface area contributed by atoms with Gasteiger partial charge in [0.15, 0.2) is 0 Å². The molecule has 0 bridgehead atoms. The maximum absolute atomic E-state index is 10.5. The SMILES string of the molecule is CNC(=O)O[C@@H](C)CC#N. The van der Waals surface area contributed by atoms with Gasteiger partial charge in [0.25, 0.3) is 0 Å². The Morgan fingerprint density at radius 2 is 2.50 bits per heavy atom. The number of rotatable bonds is 2. The summed E-state index contributed by atoms with van der Waals surface area (Å²) in [5.74, 6) is 0. The van der Waals surface area contributed by atoms with Crippen LogP contribution in [0.3, 0.4) is 0 Å². The van der Waals surface area contributed by atoms with Gasteiger partial charge in [0.2, 0.25) is 0 Å². The molecule has 0 unspecified atom stereocenters. The van der Waals surface area contributed by atoms with Gasteiger partial charge in [-0.2, -0.15) is 5.26 Å². The lowest BCUT2D eigenvalue weighted by Crippen LogP contribution is -2.23. The molecule has 0 aliphatic carbocycles. The molecule has 0 spiro atoms. The van der Waals surface area contributed by atoms with Crippen molar-refractivity contribution in [1.82, 2.24) is 5.32 Å². The van der Waals surface area contributed by atoms with Crippen molar-refractivity contribution in [1.29, 1.82) is 5.26 Å². The van der Waals surface area contributed by atoms with Gasteiger partial charge in [0, 0.05) is 7.05 Å². The molecule has 0 radical (unpaired) electrons. The molecule has 0 aliphatic rings. The van der Waals surface area contributed by atoms with Gasteiger partial charge in [-0.05, 0) is 6.92 Å². The summed E-state index contributed by atoms with van der Waals surface area (Å²) in [6, 6.07) is 1.89. The predicted molar refractivity (Wildman–Crippen MR) is 35.2 cm³/mol. The molecule has 0 rings (SSSR count). The lowest BCUT2D eigenvalue weighted by atomic mass is 10.3. The van der Waals surface area contributed by atoms with Crippen molar-refractivity contribution >= 4 is 6.09 Å². The van der Waals surface area contributed by atoms with Crippen LogP contribution in [0.15, 0.2) is 0 Å². The number of carbonyl (C=O) groups is 1. The minimum atomic E-state index is -0.497. The number of nitrogens with one attached hydrogen (secondary N) is 1. The van der Waals surface area contributed by atoms with E-state index < -0.39 is 6.09 Å². The number of nitriles is 1. The maximum atomic E-state index is 10.5. The Kier molecular flexibility index (Phi) is 4.05. The lowest BCUT2D eigenvalue weighted by Gasteiger charge is -2.07. The molecule has 4 nitrogen and oxygen atoms in total. The van der Waals surface area contributed by atoms with Crippen LogP contribution in [-0.4, -0.2) is 19.2 Å². The number of ether oxygens (including phenoxy) is 1. The molecule has 1 N–H and O–H groups in total. The molecule has 1 atom stereocenters. The van der Waals surface area contributed by atoms with Crippen LogP contribution in [0.4, 0.5) is 4.79 Å². The van der Waals surface area contributed by atoms with Crippen LogP contribution < -0.4 is 5.32 Å². The van der Waals surface area contributed by atoms with E-state index in [4.69, 9.17) is 5.26 Å². The first kappa shape index (κ1) is 8.76. The molecule has 0 saturated carbocycles. The molecule has 0 saturated heterocycles. The van der Waals surface area contributed by atoms with Gasteiger partial charge in [-0.25, -0.2) is 4.79 Å². The maximum Gasteiger partial charge on any atom is 0.407 e. The van der Waals surface area contributed by atoms with E-state index in [0.29, 0.717) is 0 Å². The van der Waals surface area contributed by atoms with E-state index in [1.54, 1.807) is 6.92 Å². The zero-order valence-electron chi connectivity index (χ0n) is 6.05. The van der Waals surface area contributed by atoms with Crippen LogP contribution in [0.2, 0.25) is 0 Å². The molecule has 4 heteroatoms. The Balaban J connectivity index is 3.49. The van der Waals surface area contributed by atoms with Gasteiger partial charge < -0.3 is 10.1 Å². The molecule has 0 aromatic rings. The number of carbonyl (C=O) groups excluding carboxylic acids is 1. The fourth-order valence-electron chi connectivity index (χ4n) is 0.412. The number of alkyl carbamates (subject to hydrolysis) is 1. The van der Waals surface area contributed by atoms with Crippen molar-refractivity contribution in [2.75, 3.05) is 7.05 Å². The van der Waals surface area contributed by atoms with Gasteiger partial charge in [0.05, 0.1) is 12.5 Å². The Morgan fingerprint density at radius 3 is 2.90 bits per heavy atom. The third-order valence-corrected chi connectivity index (χ3v) is 0.891. The summed E-state index contributed by atoms with van der Waals surface area (Å²) in [5.41, 5.74) is 0. The third kappa shape index (κ3) is 3.72. The Hall–Kier alpha value is -1.24. The first-order chi connectivity index (χ1) is 4.70. The fourth-order valence-corrected chi connectivity index (χ4v) is 0.412. The second kappa shape index (κ2) is 4.62. The Labute approximate surface area is 59.8 Å². The molecular formula is C6H10N2O2. The highest BCUT2D eigenvalue weighted by atomic mass is 16.6. The standard InChI is InChI=1S/C6H10N2O2/c1-5(3-4-7)10-6(9)8-2/h5H,3H2,1-2H3,(H,8,9)/t5-/m0/s1. The van der Waals surface area contributed by atoms with Crippen molar-refractivity contribution in [2.45, 2.75) is 19.4 Å². The van der Waals surface area contributed by atoms with Crippen molar-refractivity contribution in [3.05, 3.63) is 0 Å². The van der Waals surface area contributed by atoms with E-state index in [1.165, 1.54) is 7.05 Å². The highest BCUT2D eigenvalue weighted by Crippen LogP contribution is 1.94. The third-order valence-electron chi connectivity index (χ3n) is 0.891. The fraction of sp³-hybridized carbons (Fsp3) is 0.667. The average molecular weight is 142 g/mol. The summed E-state index contributed by atoms with van der Waals surface area (Å²) in [4.78, 5) is 10.5. The van der Waals surface area contributed by atoms with Gasteiger partial charge in [0.1, 0.15) is 6.10 Å². The number of amides is 1. The normalized spacial score (nSPS) is 11.3. The smallest absolute Gasteiger partial charge is 0.407 e. The van der Waals surface area contributed by atoms with E-state index in [9.17, 15) is 4.79 Å². The molecule has 0 aromatic heterocycles. The molecule has 1 amide bonds. The molecule has 0 aromatic carbocycles. The molecule has 0 fully saturated rings. The molecule has 10 heavy (non-hydrogen) atoms. The second-order valence-corrected chi connectivity index (χ2v) is 1.83. The van der Waals surface area contributed by atoms with Crippen LogP contribution in [0, 0.1) is 11.3 Å². The minimum Gasteiger partial charge on any atom is -0.445 e. The average Bonchev–Trinajstić information content (AvgIpc) is 1.88. The molecule has 56 valence electrons. The van der Waals surface area contributed by atoms with E-state index in [1.807, 2.05) is 6.07 Å². The van der Waals surface area contributed by atoms with E-state index >= 15 is 0 Å². The number of hydrogen-bond acceptors (Lipinski definition) is 3. The van der Waals surface area contributed by atoms with Crippen LogP contribution in [0.1, 0.15) is 13.3 Å². The molecule has 0 aliphatic heterocycles. The van der Waals surface area contributed by atoms with Crippen LogP contribution in [0.5, 0.6) is 0 Å². The zero-order chi connectivity index (χ0) is 7.98. The monoisotopic (exact) mass is 142 g/mol. The summed E-state index contributed by atoms with van der Waals surface area (Å²) >= 11 is 0. The summed E-state index contributed by atoms with van der Waals surface area (Å²) < 4.78 is 4.67. The summed E-state index contributed by atoms with van der Waals surface area (Å²) in [5, 5.41) is 10.4. The highest BCUT2D eigenvalue weighted by molar-refractivity contribution is 5.66. The van der Waals surface area contributed by atoms with Crippen LogP contribution in [0.25, 0.3) is 0 Å². The van der Waals surface area contributed by atoms with Crippen LogP contribution >= 0.6 is 0 Å². The number of hydrogen-bond donors (Lipinski definition) is 1. The Bertz CT molecular complexity index is 150. The highest BCUT2D eigenvalue weighted by Gasteiger charge is 2.05. The van der Waals surface area contributed by atoms with Gasteiger partial charge in [-0.15, -0.1) is 0 Å². The molecular weight excluding hydrogens is 132 g/mol. The van der Waals surface area contributed by atoms with Gasteiger partial charge in [-0.1, -0.05) is 0 Å². The second-order valence-electron chi connectivity index (χ2n) is 1.83. The van der Waals surface area contributed by atoms with Crippen molar-refractivity contribution in [2.24, 2.45) is 0 Å². The Morgan fingerprint density at radius 1 is 1.90 bits per heavy atom. The van der Waals surface area contributed by atoms with Crippen molar-refractivity contribution < 1.29 is 9.53 Å². The van der Waals surface area contributed by atoms with E-state index in [0.717, 1.165) is 0 Å². The topological polar surface area (TPSA) is 62.1 Å². The quantitative estimate of drug-likeness (QED) is 0.615. The predicted octanol–water partition coefficient (Wildman–Crippen LogP) is 0.645. The van der Waals surface area contributed by atoms with Crippen molar-refractivity contribution in [3.8, 4) is 6.07 Å². The first-order valence-electron chi connectivity index (χ1n) is 2.96. The largest absolute Gasteiger partial charge is 0.445 e. The van der Waals surface area contributed by atoms with E-state index in [-0.39, 0.29) is 12.5 Å². The van der Waals surface area contributed by atoms with Crippen molar-refractivity contribution in [3.63, 3.8) is 0 Å². The molecule has 0 heterocycles. The summed E-state index contributed by atoms with van der Waals surface area (Å²) in [6.45, 7) is 1.67. The summed E-state index contributed by atoms with van der Waals surface area (Å²) in [7, 11) is 1.47. The van der Waals surface area contributed by atoms with E-state index in [2.05, 4.69) is 10.1 Å². The number of nitrogens with zero attached hydrogens (tertiary/aromatic N) is 1. The first-order valence-corrected chi connectivity index (χ1v) is 2.96. The zero-order valence-corrected chi connectivity index (χ0v) is 6.05. The lowest BCUT2D eigenvalue weighted by molar-refractivity contribution is 0.111. The van der Waals surface area contributed by atoms with Crippen LogP contribution in [-0.2, 0) is 4.74 Å². The van der Waals surface area contributed by atoms with Gasteiger partial charge >= 0.3 is 6.09 Å². The minimum absolute atomic E-state index is 0.230. The van der Waals surface area contributed by atoms with Gasteiger partial charge in [-0.3, -0.25) is 0 Å².